The standard InChI is InChI=1S/C19H17BrFN3O2S/c1-2-24-18(26)13-5-3-4-6-15(13)23-19(24)27-10-9-17(25)22-16-8-7-12(20)11-14(16)21/h3-8,11H,2,9-10H2,1H3,(H,22,25). The number of carbonyl (C=O) groups is 1. The van der Waals surface area contributed by atoms with E-state index in [0.29, 0.717) is 32.8 Å². The Kier molecular flexibility index (Phi) is 6.28. The fourth-order valence-electron chi connectivity index (χ4n) is 2.58. The van der Waals surface area contributed by atoms with Crippen LogP contribution < -0.4 is 10.9 Å². The van der Waals surface area contributed by atoms with E-state index in [1.165, 1.54) is 23.9 Å². The Balaban J connectivity index is 1.68. The van der Waals surface area contributed by atoms with E-state index < -0.39 is 5.82 Å². The summed E-state index contributed by atoms with van der Waals surface area (Å²) in [4.78, 5) is 29.2. The van der Waals surface area contributed by atoms with E-state index in [2.05, 4.69) is 26.2 Å². The summed E-state index contributed by atoms with van der Waals surface area (Å²) < 4.78 is 16.0. The highest BCUT2D eigenvalue weighted by Gasteiger charge is 2.12. The van der Waals surface area contributed by atoms with Crippen LogP contribution >= 0.6 is 27.7 Å². The number of benzene rings is 2. The summed E-state index contributed by atoms with van der Waals surface area (Å²) in [5.41, 5.74) is 0.686. The number of aromatic nitrogens is 2. The van der Waals surface area contributed by atoms with Crippen LogP contribution in [0.25, 0.3) is 10.9 Å². The van der Waals surface area contributed by atoms with Gasteiger partial charge >= 0.3 is 0 Å². The molecule has 1 aromatic heterocycles. The molecule has 0 aliphatic rings. The minimum atomic E-state index is -0.499. The number of halogens is 2. The molecule has 27 heavy (non-hydrogen) atoms. The maximum absolute atomic E-state index is 13.8. The van der Waals surface area contributed by atoms with E-state index in [0.717, 1.165) is 0 Å². The van der Waals surface area contributed by atoms with Crippen molar-refractivity contribution in [1.82, 2.24) is 9.55 Å². The van der Waals surface area contributed by atoms with Crippen LogP contribution in [0.4, 0.5) is 10.1 Å². The maximum Gasteiger partial charge on any atom is 0.262 e. The number of fused-ring (bicyclic) bond motifs is 1. The first kappa shape index (κ1) is 19.6. The Labute approximate surface area is 168 Å². The fraction of sp³-hybridized carbons (Fsp3) is 0.211. The molecule has 1 amide bonds. The summed E-state index contributed by atoms with van der Waals surface area (Å²) in [5, 5.41) is 3.71. The average Bonchev–Trinajstić information content (AvgIpc) is 2.64. The first-order chi connectivity index (χ1) is 13.0. The van der Waals surface area contributed by atoms with Gasteiger partial charge in [-0.15, -0.1) is 0 Å². The number of rotatable bonds is 6. The molecule has 8 heteroatoms. The monoisotopic (exact) mass is 449 g/mol. The molecule has 0 atom stereocenters. The third-order valence-electron chi connectivity index (χ3n) is 3.91. The van der Waals surface area contributed by atoms with E-state index in [-0.39, 0.29) is 23.6 Å². The van der Waals surface area contributed by atoms with Crippen LogP contribution in [-0.2, 0) is 11.3 Å². The first-order valence-electron chi connectivity index (χ1n) is 8.37. The van der Waals surface area contributed by atoms with Crippen LogP contribution in [0.1, 0.15) is 13.3 Å². The summed E-state index contributed by atoms with van der Waals surface area (Å²) >= 11 is 4.51. The number of hydrogen-bond acceptors (Lipinski definition) is 4. The van der Waals surface area contributed by atoms with Crippen molar-refractivity contribution in [3.8, 4) is 0 Å². The molecule has 5 nitrogen and oxygen atoms in total. The van der Waals surface area contributed by atoms with Crippen molar-refractivity contribution in [2.45, 2.75) is 25.0 Å². The Hall–Kier alpha value is -2.19. The van der Waals surface area contributed by atoms with Gasteiger partial charge in [0, 0.05) is 23.2 Å². The molecule has 0 unspecified atom stereocenters. The number of amides is 1. The maximum atomic E-state index is 13.8. The van der Waals surface area contributed by atoms with E-state index in [1.807, 2.05) is 19.1 Å². The zero-order chi connectivity index (χ0) is 19.4. The number of anilines is 1. The number of carbonyl (C=O) groups excluding carboxylic acids is 1. The Bertz CT molecular complexity index is 1050. The zero-order valence-corrected chi connectivity index (χ0v) is 16.9. The number of nitrogens with one attached hydrogen (secondary N) is 1. The molecular weight excluding hydrogens is 433 g/mol. The molecule has 0 saturated carbocycles. The molecule has 0 fully saturated rings. The third-order valence-corrected chi connectivity index (χ3v) is 5.38. The van der Waals surface area contributed by atoms with E-state index in [1.54, 1.807) is 22.8 Å². The fourth-order valence-corrected chi connectivity index (χ4v) is 3.91. The Morgan fingerprint density at radius 3 is 2.81 bits per heavy atom. The molecule has 1 N–H and O–H groups in total. The van der Waals surface area contributed by atoms with Crippen LogP contribution in [0.2, 0.25) is 0 Å². The molecule has 2 aromatic carbocycles. The largest absolute Gasteiger partial charge is 0.324 e. The Morgan fingerprint density at radius 2 is 2.07 bits per heavy atom. The van der Waals surface area contributed by atoms with Crippen LogP contribution in [0.3, 0.4) is 0 Å². The van der Waals surface area contributed by atoms with Crippen molar-refractivity contribution in [2.24, 2.45) is 0 Å². The van der Waals surface area contributed by atoms with Crippen molar-refractivity contribution in [2.75, 3.05) is 11.1 Å². The van der Waals surface area contributed by atoms with Crippen LogP contribution in [0.15, 0.2) is 56.9 Å². The van der Waals surface area contributed by atoms with Gasteiger partial charge < -0.3 is 5.32 Å². The van der Waals surface area contributed by atoms with Gasteiger partial charge in [-0.3, -0.25) is 14.2 Å². The van der Waals surface area contributed by atoms with Crippen molar-refractivity contribution >= 4 is 50.2 Å². The summed E-state index contributed by atoms with van der Waals surface area (Å²) in [6.45, 7) is 2.38. The Morgan fingerprint density at radius 1 is 1.30 bits per heavy atom. The quantitative estimate of drug-likeness (QED) is 0.446. The molecule has 0 aliphatic heterocycles. The second-order valence-corrected chi connectivity index (χ2v) is 7.71. The number of thioether (sulfide) groups is 1. The lowest BCUT2D eigenvalue weighted by atomic mass is 10.2. The van der Waals surface area contributed by atoms with Crippen molar-refractivity contribution in [1.29, 1.82) is 0 Å². The minimum Gasteiger partial charge on any atom is -0.324 e. The molecular formula is C19H17BrFN3O2S. The van der Waals surface area contributed by atoms with Crippen molar-refractivity contribution in [3.63, 3.8) is 0 Å². The SMILES string of the molecule is CCn1c(SCCC(=O)Nc2ccc(Br)cc2F)nc2ccccc2c1=O. The lowest BCUT2D eigenvalue weighted by Crippen LogP contribution is -2.22. The predicted octanol–water partition coefficient (Wildman–Crippen LogP) is 4.44. The van der Waals surface area contributed by atoms with Crippen LogP contribution in [0, 0.1) is 5.82 Å². The topological polar surface area (TPSA) is 64.0 Å². The molecule has 0 bridgehead atoms. The zero-order valence-electron chi connectivity index (χ0n) is 14.5. The van der Waals surface area contributed by atoms with E-state index in [9.17, 15) is 14.0 Å². The summed E-state index contributed by atoms with van der Waals surface area (Å²) in [6, 6.07) is 11.7. The third kappa shape index (κ3) is 4.56. The molecule has 0 aliphatic carbocycles. The molecule has 3 aromatic rings. The van der Waals surface area contributed by atoms with Gasteiger partial charge in [-0.2, -0.15) is 0 Å². The highest BCUT2D eigenvalue weighted by atomic mass is 79.9. The number of hydrogen-bond donors (Lipinski definition) is 1. The molecule has 0 spiro atoms. The summed E-state index contributed by atoms with van der Waals surface area (Å²) in [5.74, 6) is -0.370. The second-order valence-electron chi connectivity index (χ2n) is 5.73. The summed E-state index contributed by atoms with van der Waals surface area (Å²) in [7, 11) is 0. The smallest absolute Gasteiger partial charge is 0.262 e. The molecule has 1 heterocycles. The van der Waals surface area contributed by atoms with Gasteiger partial charge in [0.1, 0.15) is 5.82 Å². The molecule has 3 rings (SSSR count). The number of para-hydroxylation sites is 1. The van der Waals surface area contributed by atoms with E-state index >= 15 is 0 Å². The van der Waals surface area contributed by atoms with E-state index in [4.69, 9.17) is 0 Å². The second kappa shape index (κ2) is 8.67. The van der Waals surface area contributed by atoms with Crippen molar-refractivity contribution < 1.29 is 9.18 Å². The molecule has 140 valence electrons. The van der Waals surface area contributed by atoms with Gasteiger partial charge in [-0.25, -0.2) is 9.37 Å². The van der Waals surface area contributed by atoms with Crippen molar-refractivity contribution in [3.05, 3.63) is 63.1 Å². The van der Waals surface area contributed by atoms with Gasteiger partial charge in [0.25, 0.3) is 5.56 Å². The van der Waals surface area contributed by atoms with Crippen LogP contribution in [0.5, 0.6) is 0 Å². The molecule has 0 saturated heterocycles. The lowest BCUT2D eigenvalue weighted by Gasteiger charge is -2.11. The first-order valence-corrected chi connectivity index (χ1v) is 10.1. The highest BCUT2D eigenvalue weighted by molar-refractivity contribution is 9.10. The van der Waals surface area contributed by atoms with Gasteiger partial charge in [0.2, 0.25) is 5.91 Å². The highest BCUT2D eigenvalue weighted by Crippen LogP contribution is 2.21. The average molecular weight is 450 g/mol. The lowest BCUT2D eigenvalue weighted by molar-refractivity contribution is -0.115. The predicted molar refractivity (Wildman–Crippen MR) is 110 cm³/mol. The minimum absolute atomic E-state index is 0.0908. The van der Waals surface area contributed by atoms with Gasteiger partial charge in [0.05, 0.1) is 16.6 Å². The molecule has 0 radical (unpaired) electrons. The van der Waals surface area contributed by atoms with Gasteiger partial charge in [-0.1, -0.05) is 39.8 Å². The van der Waals surface area contributed by atoms with Crippen LogP contribution in [-0.4, -0.2) is 21.2 Å². The van der Waals surface area contributed by atoms with Gasteiger partial charge in [-0.05, 0) is 37.3 Å². The van der Waals surface area contributed by atoms with Gasteiger partial charge in [0.15, 0.2) is 5.16 Å². The normalized spacial score (nSPS) is 10.9. The summed E-state index contributed by atoms with van der Waals surface area (Å²) in [6.07, 6.45) is 0.173. The number of nitrogens with zero attached hydrogens (tertiary/aromatic N) is 2.